The summed E-state index contributed by atoms with van der Waals surface area (Å²) < 4.78 is 0. The molecule has 0 unspecified atom stereocenters. The standard InChI is InChI=1S/C24H15ClN2O2/c25-20-12-6-14-22(27(28)29)23(20)17-9-2-1-7-15(17)18-10-5-11-19-16-8-3-4-13-21(16)26-24(18)19/h1-14,26H. The number of aromatic nitrogens is 1. The molecule has 1 aromatic heterocycles. The normalized spacial score (nSPS) is 11.2. The first-order valence-corrected chi connectivity index (χ1v) is 9.55. The summed E-state index contributed by atoms with van der Waals surface area (Å²) in [6, 6.07) is 26.7. The highest BCUT2D eigenvalue weighted by molar-refractivity contribution is 6.34. The van der Waals surface area contributed by atoms with E-state index in [2.05, 4.69) is 17.1 Å². The first-order valence-electron chi connectivity index (χ1n) is 9.17. The molecular formula is C24H15ClN2O2. The van der Waals surface area contributed by atoms with Crippen molar-refractivity contribution in [1.82, 2.24) is 4.98 Å². The lowest BCUT2D eigenvalue weighted by Crippen LogP contribution is -1.94. The molecule has 0 saturated heterocycles. The molecule has 140 valence electrons. The van der Waals surface area contributed by atoms with Crippen molar-refractivity contribution < 1.29 is 4.92 Å². The second-order valence-corrected chi connectivity index (χ2v) is 7.24. The molecule has 5 aromatic rings. The van der Waals surface area contributed by atoms with Crippen molar-refractivity contribution in [3.8, 4) is 22.3 Å². The molecule has 0 amide bonds. The van der Waals surface area contributed by atoms with Crippen LogP contribution in [0.3, 0.4) is 0 Å². The number of para-hydroxylation sites is 2. The van der Waals surface area contributed by atoms with Gasteiger partial charge in [-0.05, 0) is 23.3 Å². The van der Waals surface area contributed by atoms with Crippen LogP contribution in [0, 0.1) is 10.1 Å². The van der Waals surface area contributed by atoms with Crippen molar-refractivity contribution >= 4 is 39.1 Å². The SMILES string of the molecule is O=[N+]([O-])c1cccc(Cl)c1-c1ccccc1-c1cccc2c1[nH]c1ccccc12. The molecule has 0 aliphatic heterocycles. The molecule has 1 heterocycles. The van der Waals surface area contributed by atoms with E-state index in [1.807, 2.05) is 54.6 Å². The average Bonchev–Trinajstić information content (AvgIpc) is 3.12. The van der Waals surface area contributed by atoms with Gasteiger partial charge in [0, 0.05) is 27.9 Å². The molecule has 0 saturated carbocycles. The molecule has 0 fully saturated rings. The lowest BCUT2D eigenvalue weighted by atomic mass is 9.92. The molecule has 0 radical (unpaired) electrons. The number of hydrogen-bond acceptors (Lipinski definition) is 2. The minimum atomic E-state index is -0.387. The minimum absolute atomic E-state index is 0.00577. The van der Waals surface area contributed by atoms with E-state index in [4.69, 9.17) is 11.6 Å². The quantitative estimate of drug-likeness (QED) is 0.257. The van der Waals surface area contributed by atoms with E-state index in [-0.39, 0.29) is 10.6 Å². The van der Waals surface area contributed by atoms with Gasteiger partial charge in [0.25, 0.3) is 5.69 Å². The number of nitro groups is 1. The van der Waals surface area contributed by atoms with E-state index in [0.717, 1.165) is 38.5 Å². The molecule has 0 aliphatic rings. The zero-order valence-electron chi connectivity index (χ0n) is 15.2. The van der Waals surface area contributed by atoms with Crippen LogP contribution >= 0.6 is 11.6 Å². The van der Waals surface area contributed by atoms with Gasteiger partial charge in [0.15, 0.2) is 0 Å². The molecule has 29 heavy (non-hydrogen) atoms. The Balaban J connectivity index is 1.85. The highest BCUT2D eigenvalue weighted by Crippen LogP contribution is 2.43. The highest BCUT2D eigenvalue weighted by Gasteiger charge is 2.22. The predicted octanol–water partition coefficient (Wildman–Crippen LogP) is 7.22. The molecule has 5 rings (SSSR count). The second-order valence-electron chi connectivity index (χ2n) is 6.84. The van der Waals surface area contributed by atoms with Gasteiger partial charge in [-0.2, -0.15) is 0 Å². The fourth-order valence-corrected chi connectivity index (χ4v) is 4.24. The third-order valence-corrected chi connectivity index (χ3v) is 5.53. The molecule has 0 bridgehead atoms. The third-order valence-electron chi connectivity index (χ3n) is 5.22. The van der Waals surface area contributed by atoms with Crippen LogP contribution in [0.25, 0.3) is 44.1 Å². The van der Waals surface area contributed by atoms with E-state index in [1.54, 1.807) is 12.1 Å². The van der Waals surface area contributed by atoms with Gasteiger partial charge in [-0.15, -0.1) is 0 Å². The molecule has 0 aliphatic carbocycles. The Hall–Kier alpha value is -3.63. The van der Waals surface area contributed by atoms with E-state index >= 15 is 0 Å². The number of nitrogens with one attached hydrogen (secondary N) is 1. The fraction of sp³-hybridized carbons (Fsp3) is 0. The number of benzene rings is 4. The van der Waals surface area contributed by atoms with Crippen LogP contribution in [-0.2, 0) is 0 Å². The lowest BCUT2D eigenvalue weighted by molar-refractivity contribution is -0.384. The summed E-state index contributed by atoms with van der Waals surface area (Å²) in [5.41, 5.74) is 5.07. The number of nitro benzene ring substituents is 1. The Morgan fingerprint density at radius 3 is 2.21 bits per heavy atom. The summed E-state index contributed by atoms with van der Waals surface area (Å²) in [5.74, 6) is 0. The van der Waals surface area contributed by atoms with Crippen LogP contribution in [-0.4, -0.2) is 9.91 Å². The van der Waals surface area contributed by atoms with Crippen LogP contribution < -0.4 is 0 Å². The molecule has 0 spiro atoms. The van der Waals surface area contributed by atoms with Crippen molar-refractivity contribution in [1.29, 1.82) is 0 Å². The van der Waals surface area contributed by atoms with Gasteiger partial charge in [0.05, 0.1) is 21.0 Å². The summed E-state index contributed by atoms with van der Waals surface area (Å²) in [7, 11) is 0. The molecule has 1 N–H and O–H groups in total. The zero-order valence-corrected chi connectivity index (χ0v) is 16.0. The Morgan fingerprint density at radius 2 is 1.38 bits per heavy atom. The van der Waals surface area contributed by atoms with Gasteiger partial charge < -0.3 is 4.98 Å². The van der Waals surface area contributed by atoms with Crippen molar-refractivity contribution in [3.63, 3.8) is 0 Å². The lowest BCUT2D eigenvalue weighted by Gasteiger charge is -2.13. The number of H-pyrrole nitrogens is 1. The molecular weight excluding hydrogens is 384 g/mol. The van der Waals surface area contributed by atoms with E-state index in [1.165, 1.54) is 6.07 Å². The third kappa shape index (κ3) is 2.77. The summed E-state index contributed by atoms with van der Waals surface area (Å²) in [6.07, 6.45) is 0. The number of halogens is 1. The van der Waals surface area contributed by atoms with Crippen LogP contribution in [0.1, 0.15) is 0 Å². The van der Waals surface area contributed by atoms with E-state index in [0.29, 0.717) is 10.6 Å². The number of rotatable bonds is 3. The van der Waals surface area contributed by atoms with Crippen LogP contribution in [0.5, 0.6) is 0 Å². The predicted molar refractivity (Wildman–Crippen MR) is 118 cm³/mol. The topological polar surface area (TPSA) is 58.9 Å². The van der Waals surface area contributed by atoms with Gasteiger partial charge in [0.1, 0.15) is 0 Å². The summed E-state index contributed by atoms with van der Waals surface area (Å²) >= 11 is 6.44. The highest BCUT2D eigenvalue weighted by atomic mass is 35.5. The molecule has 4 aromatic carbocycles. The summed E-state index contributed by atoms with van der Waals surface area (Å²) in [6.45, 7) is 0. The zero-order chi connectivity index (χ0) is 20.0. The van der Waals surface area contributed by atoms with Gasteiger partial charge in [0.2, 0.25) is 0 Å². The maximum absolute atomic E-state index is 11.7. The molecule has 0 atom stereocenters. The monoisotopic (exact) mass is 398 g/mol. The molecule has 4 nitrogen and oxygen atoms in total. The van der Waals surface area contributed by atoms with E-state index < -0.39 is 0 Å². The second kappa shape index (κ2) is 6.76. The van der Waals surface area contributed by atoms with Crippen molar-refractivity contribution in [2.24, 2.45) is 0 Å². The maximum Gasteiger partial charge on any atom is 0.278 e. The van der Waals surface area contributed by atoms with E-state index in [9.17, 15) is 10.1 Å². The largest absolute Gasteiger partial charge is 0.354 e. The average molecular weight is 399 g/mol. The Kier molecular flexibility index (Phi) is 4.07. The smallest absolute Gasteiger partial charge is 0.278 e. The van der Waals surface area contributed by atoms with Gasteiger partial charge in [-0.3, -0.25) is 10.1 Å². The number of aromatic amines is 1. The van der Waals surface area contributed by atoms with Crippen molar-refractivity contribution in [3.05, 3.63) is 100 Å². The minimum Gasteiger partial charge on any atom is -0.354 e. The molecule has 5 heteroatoms. The Morgan fingerprint density at radius 1 is 0.724 bits per heavy atom. The van der Waals surface area contributed by atoms with Crippen LogP contribution in [0.2, 0.25) is 5.02 Å². The summed E-state index contributed by atoms with van der Waals surface area (Å²) in [4.78, 5) is 14.8. The van der Waals surface area contributed by atoms with Crippen molar-refractivity contribution in [2.45, 2.75) is 0 Å². The number of hydrogen-bond donors (Lipinski definition) is 1. The fourth-order valence-electron chi connectivity index (χ4n) is 3.97. The first kappa shape index (κ1) is 17.5. The van der Waals surface area contributed by atoms with Gasteiger partial charge in [-0.25, -0.2) is 0 Å². The number of fused-ring (bicyclic) bond motifs is 3. The van der Waals surface area contributed by atoms with Gasteiger partial charge in [-0.1, -0.05) is 78.3 Å². The van der Waals surface area contributed by atoms with Crippen LogP contribution in [0.4, 0.5) is 5.69 Å². The first-order chi connectivity index (χ1) is 14.1. The number of nitrogens with zero attached hydrogens (tertiary/aromatic N) is 1. The van der Waals surface area contributed by atoms with Gasteiger partial charge >= 0.3 is 0 Å². The Bertz CT molecular complexity index is 1400. The maximum atomic E-state index is 11.7. The van der Waals surface area contributed by atoms with Crippen molar-refractivity contribution in [2.75, 3.05) is 0 Å². The summed E-state index contributed by atoms with van der Waals surface area (Å²) in [5, 5.41) is 14.3. The van der Waals surface area contributed by atoms with Crippen LogP contribution in [0.15, 0.2) is 84.9 Å². The Labute approximate surface area is 171 Å².